The summed E-state index contributed by atoms with van der Waals surface area (Å²) in [6.45, 7) is 3.51. The Morgan fingerprint density at radius 1 is 1.05 bits per heavy atom. The molecular weight excluding hydrogens is 528 g/mol. The van der Waals surface area contributed by atoms with Crippen molar-refractivity contribution in [3.05, 3.63) is 106 Å². The second kappa shape index (κ2) is 12.5. The summed E-state index contributed by atoms with van der Waals surface area (Å²) in [7, 11) is -0.202. The molecule has 0 bridgehead atoms. The number of rotatable bonds is 12. The molecule has 0 saturated heterocycles. The minimum absolute atomic E-state index is 0.222. The van der Waals surface area contributed by atoms with Gasteiger partial charge in [0.05, 0.1) is 48.9 Å². The number of hydrogen-bond acceptors (Lipinski definition) is 9. The molecule has 0 saturated carbocycles. The van der Waals surface area contributed by atoms with Gasteiger partial charge in [-0.1, -0.05) is 24.3 Å². The van der Waals surface area contributed by atoms with Gasteiger partial charge in [-0.05, 0) is 35.9 Å². The van der Waals surface area contributed by atoms with E-state index in [9.17, 15) is 28.4 Å². The number of carbonyl (C=O) groups is 1. The van der Waals surface area contributed by atoms with E-state index in [1.54, 1.807) is 18.2 Å². The molecule has 1 N–H and O–H groups in total. The lowest BCUT2D eigenvalue weighted by molar-refractivity contribution is -0.384. The summed E-state index contributed by atoms with van der Waals surface area (Å²) in [6.07, 6.45) is -0.107. The van der Waals surface area contributed by atoms with Crippen LogP contribution in [0.3, 0.4) is 0 Å². The highest BCUT2D eigenvalue weighted by molar-refractivity contribution is 7.89. The van der Waals surface area contributed by atoms with E-state index in [0.29, 0.717) is 22.6 Å². The Kier molecular flexibility index (Phi) is 9.41. The van der Waals surface area contributed by atoms with Gasteiger partial charge in [0.15, 0.2) is 0 Å². The molecule has 0 unspecified atom stereocenters. The van der Waals surface area contributed by atoms with E-state index in [4.69, 9.17) is 14.2 Å². The van der Waals surface area contributed by atoms with Gasteiger partial charge < -0.3 is 19.3 Å². The Morgan fingerprint density at radius 3 is 2.21 bits per heavy atom. The molecule has 0 aliphatic heterocycles. The van der Waals surface area contributed by atoms with E-state index >= 15 is 0 Å². The van der Waals surface area contributed by atoms with Crippen LogP contribution in [0, 0.1) is 10.1 Å². The third-order valence-corrected chi connectivity index (χ3v) is 7.90. The Bertz CT molecular complexity index is 1440. The van der Waals surface area contributed by atoms with Crippen molar-refractivity contribution in [1.29, 1.82) is 0 Å². The number of hydrogen-bond donors (Lipinski definition) is 1. The Morgan fingerprint density at radius 2 is 1.69 bits per heavy atom. The first-order valence-electron chi connectivity index (χ1n) is 11.5. The van der Waals surface area contributed by atoms with Crippen LogP contribution < -0.4 is 9.47 Å². The number of non-ortho nitro benzene ring substituents is 1. The number of aliphatic hydroxyl groups excluding tert-OH is 1. The zero-order valence-corrected chi connectivity index (χ0v) is 22.3. The van der Waals surface area contributed by atoms with Crippen molar-refractivity contribution in [3.63, 3.8) is 0 Å². The number of esters is 1. The molecule has 0 radical (unpaired) electrons. The number of sulfonamides is 1. The van der Waals surface area contributed by atoms with E-state index in [0.717, 1.165) is 28.6 Å². The summed E-state index contributed by atoms with van der Waals surface area (Å²) < 4.78 is 44.3. The Hall–Kier alpha value is -4.26. The maximum absolute atomic E-state index is 13.9. The molecule has 0 aromatic heterocycles. The van der Waals surface area contributed by atoms with E-state index < -0.39 is 33.1 Å². The molecular formula is C27H28N2O9S. The Labute approximate surface area is 226 Å². The third-order valence-electron chi connectivity index (χ3n) is 6.05. The maximum Gasteiger partial charge on any atom is 0.337 e. The molecule has 3 rings (SSSR count). The smallest absolute Gasteiger partial charge is 0.337 e. The predicted octanol–water partition coefficient (Wildman–Crippen LogP) is 3.88. The van der Waals surface area contributed by atoms with Gasteiger partial charge in [-0.3, -0.25) is 10.1 Å². The second-order valence-corrected chi connectivity index (χ2v) is 10.2. The van der Waals surface area contributed by atoms with Crippen molar-refractivity contribution in [3.8, 4) is 11.5 Å². The van der Waals surface area contributed by atoms with Crippen molar-refractivity contribution in [2.24, 2.45) is 0 Å². The summed E-state index contributed by atoms with van der Waals surface area (Å²) >= 11 is 0. The number of methoxy groups -OCH3 is 3. The van der Waals surface area contributed by atoms with Gasteiger partial charge in [0.2, 0.25) is 10.0 Å². The molecule has 0 aliphatic rings. The van der Waals surface area contributed by atoms with Crippen molar-refractivity contribution in [2.45, 2.75) is 23.6 Å². The molecule has 3 aromatic rings. The third kappa shape index (κ3) is 6.42. The number of carbonyl (C=O) groups excluding carboxylic acids is 1. The highest BCUT2D eigenvalue weighted by atomic mass is 32.2. The molecule has 0 fully saturated rings. The van der Waals surface area contributed by atoms with Crippen LogP contribution in [0.2, 0.25) is 0 Å². The van der Waals surface area contributed by atoms with E-state index in [-0.39, 0.29) is 22.7 Å². The van der Waals surface area contributed by atoms with Gasteiger partial charge in [0.1, 0.15) is 11.5 Å². The topological polar surface area (TPSA) is 146 Å². The lowest BCUT2D eigenvalue weighted by Gasteiger charge is -2.32. The molecule has 206 valence electrons. The maximum atomic E-state index is 13.9. The first-order valence-corrected chi connectivity index (χ1v) is 13.0. The SMILES string of the molecule is C=C[C@H]([C@@H](O)c1ccc(C(=O)OC)cc1)N(Cc1ccc(OC)cc1OC)S(=O)(=O)c1ccc([N+](=O)[O-])cc1. The summed E-state index contributed by atoms with van der Waals surface area (Å²) in [4.78, 5) is 22.0. The minimum atomic E-state index is -4.35. The molecule has 0 aliphatic carbocycles. The van der Waals surface area contributed by atoms with Crippen LogP contribution in [-0.2, 0) is 21.3 Å². The minimum Gasteiger partial charge on any atom is -0.497 e. The molecule has 12 heteroatoms. The van der Waals surface area contributed by atoms with Crippen LogP contribution >= 0.6 is 0 Å². The van der Waals surface area contributed by atoms with Crippen LogP contribution in [0.5, 0.6) is 11.5 Å². The number of nitro groups is 1. The van der Waals surface area contributed by atoms with Gasteiger partial charge in [-0.15, -0.1) is 6.58 Å². The number of nitro benzene ring substituents is 1. The lowest BCUT2D eigenvalue weighted by Crippen LogP contribution is -2.42. The molecule has 2 atom stereocenters. The number of ether oxygens (including phenoxy) is 3. The monoisotopic (exact) mass is 556 g/mol. The molecule has 11 nitrogen and oxygen atoms in total. The predicted molar refractivity (Wildman–Crippen MR) is 142 cm³/mol. The largest absolute Gasteiger partial charge is 0.497 e. The van der Waals surface area contributed by atoms with Gasteiger partial charge >= 0.3 is 5.97 Å². The number of benzene rings is 3. The van der Waals surface area contributed by atoms with Gasteiger partial charge in [-0.2, -0.15) is 4.31 Å². The molecule has 0 heterocycles. The molecule has 3 aromatic carbocycles. The van der Waals surface area contributed by atoms with Crippen LogP contribution in [0.4, 0.5) is 5.69 Å². The first-order chi connectivity index (χ1) is 18.6. The molecule has 0 amide bonds. The van der Waals surface area contributed by atoms with Crippen LogP contribution in [0.25, 0.3) is 0 Å². The summed E-state index contributed by atoms with van der Waals surface area (Å²) in [6, 6.07) is 14.0. The van der Waals surface area contributed by atoms with Crippen molar-refractivity contribution < 1.29 is 37.5 Å². The van der Waals surface area contributed by atoms with Crippen LogP contribution in [-0.4, -0.2) is 56.1 Å². The quantitative estimate of drug-likeness (QED) is 0.152. The van der Waals surface area contributed by atoms with Crippen molar-refractivity contribution in [2.75, 3.05) is 21.3 Å². The molecule has 39 heavy (non-hydrogen) atoms. The van der Waals surface area contributed by atoms with Crippen molar-refractivity contribution in [1.82, 2.24) is 4.31 Å². The summed E-state index contributed by atoms with van der Waals surface area (Å²) in [5, 5.41) is 22.4. The number of aliphatic hydroxyl groups is 1. The van der Waals surface area contributed by atoms with E-state index in [1.165, 1.54) is 51.7 Å². The first kappa shape index (κ1) is 29.3. The van der Waals surface area contributed by atoms with E-state index in [2.05, 4.69) is 6.58 Å². The van der Waals surface area contributed by atoms with Gasteiger partial charge in [0.25, 0.3) is 5.69 Å². The van der Waals surface area contributed by atoms with Crippen LogP contribution in [0.15, 0.2) is 84.3 Å². The van der Waals surface area contributed by atoms with E-state index in [1.807, 2.05) is 0 Å². The highest BCUT2D eigenvalue weighted by Crippen LogP contribution is 2.33. The normalized spacial score (nSPS) is 12.8. The Balaban J connectivity index is 2.10. The highest BCUT2D eigenvalue weighted by Gasteiger charge is 2.36. The number of nitrogens with zero attached hydrogens (tertiary/aromatic N) is 2. The standard InChI is InChI=1S/C27H28N2O9S/c1-5-24(26(30)18-6-8-19(9-7-18)27(31)38-4)28(17-20-10-13-22(36-2)16-25(20)37-3)39(34,35)23-14-11-21(12-15-23)29(32)33/h5-16,24,26,30H,1,17H2,2-4H3/t24-,26+/m1/s1. The fraction of sp³-hybridized carbons (Fsp3) is 0.222. The summed E-state index contributed by atoms with van der Waals surface area (Å²) in [5.74, 6) is 0.273. The summed E-state index contributed by atoms with van der Waals surface area (Å²) in [5.41, 5.74) is 0.757. The van der Waals surface area contributed by atoms with Gasteiger partial charge in [-0.25, -0.2) is 13.2 Å². The zero-order chi connectivity index (χ0) is 28.7. The second-order valence-electron chi connectivity index (χ2n) is 8.26. The molecule has 0 spiro atoms. The fourth-order valence-electron chi connectivity index (χ4n) is 3.91. The average Bonchev–Trinajstić information content (AvgIpc) is 2.96. The fourth-order valence-corrected chi connectivity index (χ4v) is 5.49. The van der Waals surface area contributed by atoms with Crippen LogP contribution in [0.1, 0.15) is 27.6 Å². The lowest BCUT2D eigenvalue weighted by atomic mass is 10.0. The van der Waals surface area contributed by atoms with Crippen molar-refractivity contribution >= 4 is 21.7 Å². The zero-order valence-electron chi connectivity index (χ0n) is 21.5. The van der Waals surface area contributed by atoms with Gasteiger partial charge in [0, 0.05) is 30.3 Å². The average molecular weight is 557 g/mol.